The van der Waals surface area contributed by atoms with Crippen LogP contribution in [0.1, 0.15) is 24.1 Å². The Labute approximate surface area is 179 Å². The smallest absolute Gasteiger partial charge is 0.450 e. The van der Waals surface area contributed by atoms with E-state index in [0.717, 1.165) is 6.07 Å². The lowest BCUT2D eigenvalue weighted by atomic mass is 9.76. The third kappa shape index (κ3) is 4.40. The number of hydrogen-bond donors (Lipinski definition) is 4. The molecule has 31 heavy (non-hydrogen) atoms. The first-order valence-corrected chi connectivity index (χ1v) is 9.49. The third-order valence-electron chi connectivity index (χ3n) is 4.86. The van der Waals surface area contributed by atoms with Gasteiger partial charge < -0.3 is 25.6 Å². The summed E-state index contributed by atoms with van der Waals surface area (Å²) < 4.78 is 45.8. The topological polar surface area (TPSA) is 108 Å². The molecule has 0 bridgehead atoms. The maximum atomic E-state index is 13.5. The van der Waals surface area contributed by atoms with Crippen LogP contribution in [0.3, 0.4) is 0 Å². The van der Waals surface area contributed by atoms with Crippen molar-refractivity contribution in [1.29, 1.82) is 0 Å². The molecule has 0 saturated carbocycles. The number of halogens is 4. The summed E-state index contributed by atoms with van der Waals surface area (Å²) in [6, 6.07) is 6.03. The van der Waals surface area contributed by atoms with E-state index in [1.807, 2.05) is 5.32 Å². The molecule has 1 aliphatic rings. The molecule has 0 radical (unpaired) electrons. The van der Waals surface area contributed by atoms with Crippen molar-refractivity contribution in [3.05, 3.63) is 58.6 Å². The van der Waals surface area contributed by atoms with E-state index in [-0.39, 0.29) is 34.3 Å². The van der Waals surface area contributed by atoms with E-state index in [9.17, 15) is 33.0 Å². The molecule has 0 unspecified atom stereocenters. The molecule has 1 saturated heterocycles. The van der Waals surface area contributed by atoms with Crippen LogP contribution >= 0.6 is 11.6 Å². The lowest BCUT2D eigenvalue weighted by Crippen LogP contribution is -2.66. The Morgan fingerprint density at radius 1 is 1.23 bits per heavy atom. The van der Waals surface area contributed by atoms with Gasteiger partial charge in [-0.3, -0.25) is 4.79 Å². The normalized spacial score (nSPS) is 23.6. The van der Waals surface area contributed by atoms with Crippen LogP contribution in [0.5, 0.6) is 11.5 Å². The summed E-state index contributed by atoms with van der Waals surface area (Å²) in [5.74, 6) is -4.79. The second-order valence-corrected chi connectivity index (χ2v) is 7.29. The Balaban J connectivity index is 2.19. The summed E-state index contributed by atoms with van der Waals surface area (Å²) in [6.07, 6.45) is -5.31. The van der Waals surface area contributed by atoms with Crippen LogP contribution in [0.25, 0.3) is 0 Å². The highest BCUT2D eigenvalue weighted by atomic mass is 35.5. The number of alkyl halides is 3. The third-order valence-corrected chi connectivity index (χ3v) is 5.12. The summed E-state index contributed by atoms with van der Waals surface area (Å²) in [5, 5.41) is 25.7. The van der Waals surface area contributed by atoms with E-state index in [4.69, 9.17) is 16.3 Å². The summed E-state index contributed by atoms with van der Waals surface area (Å²) in [7, 11) is 0. The minimum atomic E-state index is -5.31. The van der Waals surface area contributed by atoms with E-state index < -0.39 is 35.7 Å². The molecule has 3 rings (SSSR count). The fraction of sp³-hybridized carbons (Fsp3) is 0.300. The zero-order chi connectivity index (χ0) is 23.0. The molecule has 0 aliphatic carbocycles. The van der Waals surface area contributed by atoms with Gasteiger partial charge >= 0.3 is 12.2 Å². The number of ketones is 1. The number of urea groups is 1. The summed E-state index contributed by atoms with van der Waals surface area (Å²) in [6.45, 7) is 1.78. The highest BCUT2D eigenvalue weighted by Gasteiger charge is 2.59. The molecule has 0 spiro atoms. The number of carbonyl (C=O) groups excluding carboxylic acids is 2. The Kier molecular flexibility index (Phi) is 6.06. The molecular weight excluding hydrogens is 441 g/mol. The van der Waals surface area contributed by atoms with Gasteiger partial charge in [0.1, 0.15) is 5.92 Å². The zero-order valence-corrected chi connectivity index (χ0v) is 16.8. The molecule has 1 fully saturated rings. The van der Waals surface area contributed by atoms with Gasteiger partial charge in [0, 0.05) is 10.6 Å². The molecule has 3 atom stereocenters. The number of benzene rings is 2. The number of phenolic OH excluding ortho intramolecular Hbond substituents is 1. The fourth-order valence-corrected chi connectivity index (χ4v) is 3.62. The Hall–Kier alpha value is -2.98. The standard InChI is InChI=1S/C20H18ClF3N2O5/c1-2-31-14-9-10(3-8-13(14)27)16-15(17(28)20(22,23)24)19(30,26-18(29)25-16)11-4-6-12(21)7-5-11/h3-9,15-16,27,30H,2H2,1H3,(H2,25,26,29)/t15-,16-,19-/m0/s1. The molecule has 1 aliphatic heterocycles. The van der Waals surface area contributed by atoms with Crippen molar-refractivity contribution in [1.82, 2.24) is 10.6 Å². The summed E-state index contributed by atoms with van der Waals surface area (Å²) >= 11 is 5.82. The fourth-order valence-electron chi connectivity index (χ4n) is 3.50. The first-order valence-electron chi connectivity index (χ1n) is 9.11. The second kappa shape index (κ2) is 8.27. The van der Waals surface area contributed by atoms with Crippen LogP contribution < -0.4 is 15.4 Å². The van der Waals surface area contributed by atoms with Crippen molar-refractivity contribution >= 4 is 23.4 Å². The molecule has 2 amide bonds. The first-order chi connectivity index (χ1) is 14.5. The Morgan fingerprint density at radius 2 is 1.87 bits per heavy atom. The minimum absolute atomic E-state index is 0.0195. The van der Waals surface area contributed by atoms with Gasteiger partial charge in [0.05, 0.1) is 12.6 Å². The van der Waals surface area contributed by atoms with Crippen LogP contribution in [0.2, 0.25) is 5.02 Å². The summed E-state index contributed by atoms with van der Waals surface area (Å²) in [5.41, 5.74) is -2.84. The average molecular weight is 459 g/mol. The predicted octanol–water partition coefficient (Wildman–Crippen LogP) is 3.39. The van der Waals surface area contributed by atoms with Crippen molar-refractivity contribution < 1.29 is 37.7 Å². The van der Waals surface area contributed by atoms with Gasteiger partial charge in [-0.05, 0) is 36.8 Å². The van der Waals surface area contributed by atoms with E-state index in [1.54, 1.807) is 6.92 Å². The number of aromatic hydroxyl groups is 1. The van der Waals surface area contributed by atoms with Crippen LogP contribution in [-0.4, -0.2) is 34.8 Å². The number of Topliss-reactive ketones (excluding diaryl/α,β-unsaturated/α-hetero) is 1. The van der Waals surface area contributed by atoms with Crippen LogP contribution in [0.15, 0.2) is 42.5 Å². The molecule has 1 heterocycles. The van der Waals surface area contributed by atoms with Gasteiger partial charge in [0.2, 0.25) is 5.78 Å². The zero-order valence-electron chi connectivity index (χ0n) is 16.0. The van der Waals surface area contributed by atoms with Crippen molar-refractivity contribution in [2.75, 3.05) is 6.61 Å². The van der Waals surface area contributed by atoms with Gasteiger partial charge in [-0.25, -0.2) is 4.79 Å². The second-order valence-electron chi connectivity index (χ2n) is 6.85. The Bertz CT molecular complexity index is 999. The van der Waals surface area contributed by atoms with Gasteiger partial charge in [-0.15, -0.1) is 0 Å². The largest absolute Gasteiger partial charge is 0.504 e. The highest BCUT2D eigenvalue weighted by molar-refractivity contribution is 6.30. The van der Waals surface area contributed by atoms with Gasteiger partial charge in [-0.2, -0.15) is 13.2 Å². The van der Waals surface area contributed by atoms with Crippen molar-refractivity contribution in [2.24, 2.45) is 5.92 Å². The van der Waals surface area contributed by atoms with Crippen molar-refractivity contribution in [2.45, 2.75) is 24.9 Å². The molecule has 11 heteroatoms. The molecule has 0 aromatic heterocycles. The van der Waals surface area contributed by atoms with Gasteiger partial charge in [0.15, 0.2) is 17.2 Å². The number of nitrogens with one attached hydrogen (secondary N) is 2. The van der Waals surface area contributed by atoms with Crippen LogP contribution in [-0.2, 0) is 10.5 Å². The number of hydrogen-bond acceptors (Lipinski definition) is 5. The summed E-state index contributed by atoms with van der Waals surface area (Å²) in [4.78, 5) is 24.8. The van der Waals surface area contributed by atoms with E-state index in [0.29, 0.717) is 0 Å². The van der Waals surface area contributed by atoms with E-state index in [2.05, 4.69) is 5.32 Å². The number of phenols is 1. The minimum Gasteiger partial charge on any atom is -0.504 e. The SMILES string of the molecule is CCOc1cc([C@@H]2NC(=O)N[C@](O)(c3ccc(Cl)cc3)[C@@H]2C(=O)C(F)(F)F)ccc1O. The molecule has 7 nitrogen and oxygen atoms in total. The van der Waals surface area contributed by atoms with Gasteiger partial charge in [0.25, 0.3) is 0 Å². The van der Waals surface area contributed by atoms with Gasteiger partial charge in [-0.1, -0.05) is 29.8 Å². The lowest BCUT2D eigenvalue weighted by molar-refractivity contribution is -0.190. The number of aliphatic hydroxyl groups is 1. The quantitative estimate of drug-likeness (QED) is 0.549. The van der Waals surface area contributed by atoms with Crippen molar-refractivity contribution in [3.8, 4) is 11.5 Å². The maximum Gasteiger partial charge on any atom is 0.450 e. The van der Waals surface area contributed by atoms with E-state index >= 15 is 0 Å². The molecular formula is C20H18ClF3N2O5. The maximum absolute atomic E-state index is 13.5. The average Bonchev–Trinajstić information content (AvgIpc) is 2.68. The molecule has 166 valence electrons. The van der Waals surface area contributed by atoms with E-state index in [1.165, 1.54) is 36.4 Å². The molecule has 2 aromatic carbocycles. The molecule has 2 aromatic rings. The van der Waals surface area contributed by atoms with Crippen LogP contribution in [0.4, 0.5) is 18.0 Å². The number of rotatable bonds is 5. The molecule has 4 N–H and O–H groups in total. The monoisotopic (exact) mass is 458 g/mol. The number of carbonyl (C=O) groups is 2. The number of amides is 2. The van der Waals surface area contributed by atoms with Crippen molar-refractivity contribution in [3.63, 3.8) is 0 Å². The van der Waals surface area contributed by atoms with Crippen LogP contribution in [0, 0.1) is 5.92 Å². The highest BCUT2D eigenvalue weighted by Crippen LogP contribution is 2.44. The predicted molar refractivity (Wildman–Crippen MR) is 104 cm³/mol. The lowest BCUT2D eigenvalue weighted by Gasteiger charge is -2.45. The first kappa shape index (κ1) is 22.7. The number of ether oxygens (including phenoxy) is 1. The Morgan fingerprint density at radius 3 is 2.45 bits per heavy atom.